The molecule has 1 saturated carbocycles. The van der Waals surface area contributed by atoms with Gasteiger partial charge in [-0.25, -0.2) is 0 Å². The minimum Gasteiger partial charge on any atom is -0.342 e. The number of carbonyl (C=O) groups excluding carboxylic acids is 1. The largest absolute Gasteiger partial charge is 0.342 e. The van der Waals surface area contributed by atoms with E-state index < -0.39 is 0 Å². The van der Waals surface area contributed by atoms with Crippen LogP contribution in [0.4, 0.5) is 0 Å². The van der Waals surface area contributed by atoms with E-state index in [1.165, 1.54) is 31.2 Å². The van der Waals surface area contributed by atoms with Crippen molar-refractivity contribution in [2.75, 3.05) is 13.1 Å². The second-order valence-corrected chi connectivity index (χ2v) is 6.67. The number of likely N-dealkylation sites (tertiary alicyclic amines) is 1. The van der Waals surface area contributed by atoms with Crippen molar-refractivity contribution in [1.82, 2.24) is 4.90 Å². The molecule has 1 aromatic carbocycles. The maximum atomic E-state index is 12.3. The van der Waals surface area contributed by atoms with Gasteiger partial charge < -0.3 is 4.90 Å². The van der Waals surface area contributed by atoms with E-state index >= 15 is 0 Å². The number of fused-ring (bicyclic) bond motifs is 1. The number of aryl methyl sites for hydroxylation is 1. The van der Waals surface area contributed by atoms with E-state index in [4.69, 9.17) is 11.6 Å². The van der Waals surface area contributed by atoms with E-state index in [1.54, 1.807) is 0 Å². The normalized spacial score (nSPS) is 25.6. The molecule has 108 valence electrons. The van der Waals surface area contributed by atoms with Gasteiger partial charge in [0.15, 0.2) is 0 Å². The third kappa shape index (κ3) is 3.17. The van der Waals surface area contributed by atoms with Crippen LogP contribution >= 0.6 is 11.6 Å². The molecule has 3 rings (SSSR count). The Bertz CT molecular complexity index is 456. The molecule has 2 fully saturated rings. The zero-order chi connectivity index (χ0) is 13.9. The van der Waals surface area contributed by atoms with Gasteiger partial charge in [-0.3, -0.25) is 4.79 Å². The number of hydrogen-bond donors (Lipinski definition) is 0. The number of rotatable bonds is 3. The van der Waals surface area contributed by atoms with E-state index in [1.807, 2.05) is 24.3 Å². The summed E-state index contributed by atoms with van der Waals surface area (Å²) in [5.74, 6) is 1.89. The lowest BCUT2D eigenvalue weighted by Crippen LogP contribution is -2.29. The molecular weight excluding hydrogens is 270 g/mol. The Kier molecular flexibility index (Phi) is 4.30. The van der Waals surface area contributed by atoms with Gasteiger partial charge in [-0.05, 0) is 48.8 Å². The van der Waals surface area contributed by atoms with E-state index in [0.29, 0.717) is 12.3 Å². The van der Waals surface area contributed by atoms with Crippen LogP contribution in [0.25, 0.3) is 0 Å². The second-order valence-electron chi connectivity index (χ2n) is 6.23. The Balaban J connectivity index is 1.51. The number of halogens is 1. The van der Waals surface area contributed by atoms with E-state index in [9.17, 15) is 4.79 Å². The summed E-state index contributed by atoms with van der Waals surface area (Å²) in [5, 5.41) is 0.753. The molecule has 2 aliphatic rings. The first kappa shape index (κ1) is 13.9. The fourth-order valence-electron chi connectivity index (χ4n) is 3.67. The first-order valence-corrected chi connectivity index (χ1v) is 8.12. The number of hydrogen-bond acceptors (Lipinski definition) is 1. The van der Waals surface area contributed by atoms with Crippen LogP contribution < -0.4 is 0 Å². The zero-order valence-corrected chi connectivity index (χ0v) is 12.6. The summed E-state index contributed by atoms with van der Waals surface area (Å²) < 4.78 is 0. The molecular formula is C17H22ClNO. The second kappa shape index (κ2) is 6.17. The van der Waals surface area contributed by atoms with Crippen molar-refractivity contribution < 1.29 is 4.79 Å². The molecule has 0 spiro atoms. The maximum absolute atomic E-state index is 12.3. The van der Waals surface area contributed by atoms with Gasteiger partial charge in [0.2, 0.25) is 5.91 Å². The van der Waals surface area contributed by atoms with Gasteiger partial charge in [0.1, 0.15) is 0 Å². The number of nitrogens with zero attached hydrogens (tertiary/aromatic N) is 1. The molecule has 2 nitrogen and oxygen atoms in total. The summed E-state index contributed by atoms with van der Waals surface area (Å²) in [6, 6.07) is 7.82. The molecule has 0 radical (unpaired) electrons. The summed E-state index contributed by atoms with van der Waals surface area (Å²) in [4.78, 5) is 14.4. The fraction of sp³-hybridized carbons (Fsp3) is 0.588. The first-order valence-electron chi connectivity index (χ1n) is 7.74. The van der Waals surface area contributed by atoms with Crippen molar-refractivity contribution in [3.8, 4) is 0 Å². The molecule has 1 heterocycles. The molecule has 0 aromatic heterocycles. The van der Waals surface area contributed by atoms with Crippen molar-refractivity contribution in [2.45, 2.75) is 38.5 Å². The smallest absolute Gasteiger partial charge is 0.222 e. The van der Waals surface area contributed by atoms with Crippen LogP contribution in [0.15, 0.2) is 24.3 Å². The lowest BCUT2D eigenvalue weighted by Gasteiger charge is -2.22. The molecule has 1 aromatic rings. The summed E-state index contributed by atoms with van der Waals surface area (Å²) in [5.41, 5.74) is 1.19. The van der Waals surface area contributed by atoms with Gasteiger partial charge in [-0.2, -0.15) is 0 Å². The monoisotopic (exact) mass is 291 g/mol. The molecule has 1 aliphatic carbocycles. The van der Waals surface area contributed by atoms with Crippen molar-refractivity contribution >= 4 is 17.5 Å². The molecule has 0 N–H and O–H groups in total. The van der Waals surface area contributed by atoms with Gasteiger partial charge in [-0.15, -0.1) is 0 Å². The highest BCUT2D eigenvalue weighted by molar-refractivity contribution is 6.30. The standard InChI is InChI=1S/C17H22ClNO/c18-16-8-5-13(6-9-16)7-10-17(20)19-11-14-3-1-2-4-15(14)12-19/h5-6,8-9,14-15H,1-4,7,10-12H2. The van der Waals surface area contributed by atoms with Crippen LogP contribution in [0, 0.1) is 11.8 Å². The summed E-state index contributed by atoms with van der Waals surface area (Å²) in [6.45, 7) is 2.01. The van der Waals surface area contributed by atoms with E-state index in [2.05, 4.69) is 4.90 Å². The SMILES string of the molecule is O=C(CCc1ccc(Cl)cc1)N1CC2CCCCC2C1. The molecule has 1 saturated heterocycles. The molecule has 3 heteroatoms. The van der Waals surface area contributed by atoms with E-state index in [0.717, 1.165) is 36.4 Å². The average molecular weight is 292 g/mol. The molecule has 2 atom stereocenters. The predicted octanol–water partition coefficient (Wildman–Crippen LogP) is 3.92. The maximum Gasteiger partial charge on any atom is 0.222 e. The minimum absolute atomic E-state index is 0.328. The third-order valence-corrected chi connectivity index (χ3v) is 5.12. The highest BCUT2D eigenvalue weighted by Crippen LogP contribution is 2.36. The van der Waals surface area contributed by atoms with Crippen LogP contribution in [-0.2, 0) is 11.2 Å². The quantitative estimate of drug-likeness (QED) is 0.826. The van der Waals surface area contributed by atoms with Gasteiger partial charge in [0.25, 0.3) is 0 Å². The van der Waals surface area contributed by atoms with Crippen molar-refractivity contribution in [2.24, 2.45) is 11.8 Å². The Hall–Kier alpha value is -1.02. The highest BCUT2D eigenvalue weighted by Gasteiger charge is 2.35. The van der Waals surface area contributed by atoms with Crippen LogP contribution in [0.1, 0.15) is 37.7 Å². The Morgan fingerprint density at radius 2 is 1.70 bits per heavy atom. The Labute approximate surface area is 126 Å². The average Bonchev–Trinajstić information content (AvgIpc) is 2.90. The Morgan fingerprint density at radius 1 is 1.10 bits per heavy atom. The summed E-state index contributed by atoms with van der Waals surface area (Å²) in [6.07, 6.45) is 6.81. The lowest BCUT2D eigenvalue weighted by atomic mass is 9.82. The topological polar surface area (TPSA) is 20.3 Å². The minimum atomic E-state index is 0.328. The Morgan fingerprint density at radius 3 is 2.30 bits per heavy atom. The van der Waals surface area contributed by atoms with Crippen molar-refractivity contribution in [1.29, 1.82) is 0 Å². The van der Waals surface area contributed by atoms with Crippen LogP contribution in [-0.4, -0.2) is 23.9 Å². The lowest BCUT2D eigenvalue weighted by molar-refractivity contribution is -0.130. The number of benzene rings is 1. The highest BCUT2D eigenvalue weighted by atomic mass is 35.5. The summed E-state index contributed by atoms with van der Waals surface area (Å²) >= 11 is 5.87. The van der Waals surface area contributed by atoms with Crippen molar-refractivity contribution in [3.05, 3.63) is 34.9 Å². The van der Waals surface area contributed by atoms with Crippen LogP contribution in [0.3, 0.4) is 0 Å². The molecule has 2 unspecified atom stereocenters. The zero-order valence-electron chi connectivity index (χ0n) is 11.9. The van der Waals surface area contributed by atoms with Gasteiger partial charge >= 0.3 is 0 Å². The predicted molar refractivity (Wildman–Crippen MR) is 81.8 cm³/mol. The number of amides is 1. The third-order valence-electron chi connectivity index (χ3n) is 4.87. The van der Waals surface area contributed by atoms with Crippen LogP contribution in [0.5, 0.6) is 0 Å². The molecule has 1 aliphatic heterocycles. The van der Waals surface area contributed by atoms with Gasteiger partial charge in [-0.1, -0.05) is 36.6 Å². The molecule has 0 bridgehead atoms. The summed E-state index contributed by atoms with van der Waals surface area (Å²) in [7, 11) is 0. The molecule has 20 heavy (non-hydrogen) atoms. The number of carbonyl (C=O) groups is 1. The van der Waals surface area contributed by atoms with Crippen LogP contribution in [0.2, 0.25) is 5.02 Å². The van der Waals surface area contributed by atoms with Crippen molar-refractivity contribution in [3.63, 3.8) is 0 Å². The first-order chi connectivity index (χ1) is 9.72. The fourth-order valence-corrected chi connectivity index (χ4v) is 3.80. The van der Waals surface area contributed by atoms with Gasteiger partial charge in [0.05, 0.1) is 0 Å². The molecule has 1 amide bonds. The van der Waals surface area contributed by atoms with E-state index in [-0.39, 0.29) is 0 Å². The van der Waals surface area contributed by atoms with Gasteiger partial charge in [0, 0.05) is 24.5 Å².